The number of nitrogens with one attached hydrogen (secondary N) is 1. The normalized spacial score (nSPS) is 24.1. The molecule has 116 valence electrons. The third-order valence-corrected chi connectivity index (χ3v) is 4.94. The molecule has 0 atom stereocenters. The molecule has 1 amide bonds. The van der Waals surface area contributed by atoms with Gasteiger partial charge in [-0.3, -0.25) is 4.79 Å². The molecule has 1 heterocycles. The summed E-state index contributed by atoms with van der Waals surface area (Å²) in [4.78, 5) is 14.6. The molecule has 1 aliphatic heterocycles. The summed E-state index contributed by atoms with van der Waals surface area (Å²) < 4.78 is 0. The number of hydrogen-bond donors (Lipinski definition) is 1. The molecule has 0 radical (unpaired) electrons. The molecule has 1 aliphatic carbocycles. The van der Waals surface area contributed by atoms with Gasteiger partial charge >= 0.3 is 0 Å². The molecular weight excluding hydrogens is 284 g/mol. The van der Waals surface area contributed by atoms with Crippen molar-refractivity contribution in [2.75, 3.05) is 7.05 Å². The van der Waals surface area contributed by atoms with E-state index in [-0.39, 0.29) is 18.3 Å². The highest BCUT2D eigenvalue weighted by molar-refractivity contribution is 5.94. The highest BCUT2D eigenvalue weighted by atomic mass is 35.5. The van der Waals surface area contributed by atoms with Gasteiger partial charge in [0.15, 0.2) is 0 Å². The molecule has 4 heteroatoms. The van der Waals surface area contributed by atoms with Crippen molar-refractivity contribution in [3.05, 3.63) is 34.9 Å². The summed E-state index contributed by atoms with van der Waals surface area (Å²) in [6.07, 6.45) is 4.79. The van der Waals surface area contributed by atoms with Gasteiger partial charge in [-0.25, -0.2) is 0 Å². The van der Waals surface area contributed by atoms with E-state index in [1.807, 2.05) is 18.0 Å². The maximum absolute atomic E-state index is 12.6. The van der Waals surface area contributed by atoms with Crippen LogP contribution in [0.15, 0.2) is 18.2 Å². The van der Waals surface area contributed by atoms with E-state index in [0.29, 0.717) is 6.04 Å². The van der Waals surface area contributed by atoms with Crippen LogP contribution in [0.2, 0.25) is 0 Å². The Balaban J connectivity index is 0.00000161. The predicted molar refractivity (Wildman–Crippen MR) is 87.7 cm³/mol. The van der Waals surface area contributed by atoms with Crippen molar-refractivity contribution >= 4 is 18.3 Å². The molecule has 1 aromatic carbocycles. The fraction of sp³-hybridized carbons (Fsp3) is 0.588. The van der Waals surface area contributed by atoms with Crippen LogP contribution in [0.5, 0.6) is 0 Å². The van der Waals surface area contributed by atoms with E-state index in [9.17, 15) is 4.79 Å². The second-order valence-electron chi connectivity index (χ2n) is 6.42. The molecular formula is C17H25ClN2O. The largest absolute Gasteiger partial charge is 0.339 e. The first-order chi connectivity index (χ1) is 9.65. The molecule has 1 saturated carbocycles. The number of halogens is 1. The van der Waals surface area contributed by atoms with Crippen LogP contribution in [-0.4, -0.2) is 23.9 Å². The van der Waals surface area contributed by atoms with E-state index in [4.69, 9.17) is 0 Å². The Kier molecular flexibility index (Phi) is 5.28. The van der Waals surface area contributed by atoms with Crippen LogP contribution < -0.4 is 5.32 Å². The lowest BCUT2D eigenvalue weighted by molar-refractivity contribution is 0.0679. The van der Waals surface area contributed by atoms with Gasteiger partial charge in [0, 0.05) is 31.7 Å². The third kappa shape index (κ3) is 3.41. The summed E-state index contributed by atoms with van der Waals surface area (Å²) in [5.41, 5.74) is 3.45. The van der Waals surface area contributed by atoms with E-state index in [1.165, 1.54) is 24.0 Å². The second kappa shape index (κ2) is 6.80. The summed E-state index contributed by atoms with van der Waals surface area (Å²) in [5, 5.41) is 3.33. The van der Waals surface area contributed by atoms with Crippen LogP contribution in [0.1, 0.15) is 54.1 Å². The van der Waals surface area contributed by atoms with Crippen molar-refractivity contribution < 1.29 is 4.79 Å². The number of rotatable bonds is 2. The first-order valence-electron chi connectivity index (χ1n) is 7.75. The van der Waals surface area contributed by atoms with Gasteiger partial charge in [-0.05, 0) is 54.9 Å². The average molecular weight is 309 g/mol. The van der Waals surface area contributed by atoms with Gasteiger partial charge in [-0.1, -0.05) is 13.0 Å². The zero-order chi connectivity index (χ0) is 14.1. The van der Waals surface area contributed by atoms with Crippen LogP contribution in [-0.2, 0) is 13.1 Å². The molecule has 0 unspecified atom stereocenters. The van der Waals surface area contributed by atoms with E-state index in [0.717, 1.165) is 37.4 Å². The Bertz CT molecular complexity index is 510. The van der Waals surface area contributed by atoms with Crippen molar-refractivity contribution in [2.24, 2.45) is 5.92 Å². The second-order valence-corrected chi connectivity index (χ2v) is 6.42. The quantitative estimate of drug-likeness (QED) is 0.908. The minimum absolute atomic E-state index is 0. The molecule has 2 aliphatic rings. The molecule has 0 saturated heterocycles. The molecule has 3 rings (SSSR count). The van der Waals surface area contributed by atoms with Gasteiger partial charge in [0.25, 0.3) is 5.91 Å². The molecule has 3 nitrogen and oxygen atoms in total. The van der Waals surface area contributed by atoms with E-state index in [2.05, 4.69) is 24.4 Å². The lowest BCUT2D eigenvalue weighted by atomic mass is 9.86. The van der Waals surface area contributed by atoms with Gasteiger partial charge in [0.05, 0.1) is 0 Å². The predicted octanol–water partition coefficient (Wildman–Crippen LogP) is 3.36. The van der Waals surface area contributed by atoms with Gasteiger partial charge in [-0.2, -0.15) is 0 Å². The van der Waals surface area contributed by atoms with E-state index < -0.39 is 0 Å². The highest BCUT2D eigenvalue weighted by Gasteiger charge is 2.26. The molecule has 1 N–H and O–H groups in total. The summed E-state index contributed by atoms with van der Waals surface area (Å²) >= 11 is 0. The van der Waals surface area contributed by atoms with Crippen LogP contribution in [0.4, 0.5) is 0 Å². The minimum atomic E-state index is 0. The number of carbonyl (C=O) groups excluding carboxylic acids is 1. The average Bonchev–Trinajstić information content (AvgIpc) is 2.94. The van der Waals surface area contributed by atoms with Crippen molar-refractivity contribution in [2.45, 2.75) is 51.7 Å². The van der Waals surface area contributed by atoms with Gasteiger partial charge in [0.1, 0.15) is 0 Å². The zero-order valence-electron chi connectivity index (χ0n) is 12.9. The lowest BCUT2D eigenvalue weighted by Gasteiger charge is -2.33. The number of carbonyl (C=O) groups is 1. The fourth-order valence-electron chi connectivity index (χ4n) is 3.43. The molecule has 1 fully saturated rings. The first-order valence-corrected chi connectivity index (χ1v) is 7.75. The standard InChI is InChI=1S/C17H24N2O.ClH/c1-12-3-7-16(8-4-12)19(2)17(20)13-5-6-14-10-18-11-15(14)9-13;/h5-6,9,12,16,18H,3-4,7-8,10-11H2,1-2H3;1H. The van der Waals surface area contributed by atoms with Crippen LogP contribution in [0, 0.1) is 5.92 Å². The molecule has 1 aromatic rings. The number of benzene rings is 1. The third-order valence-electron chi connectivity index (χ3n) is 4.94. The highest BCUT2D eigenvalue weighted by Crippen LogP contribution is 2.27. The molecule has 0 bridgehead atoms. The van der Waals surface area contributed by atoms with Gasteiger partial charge < -0.3 is 10.2 Å². The van der Waals surface area contributed by atoms with E-state index in [1.54, 1.807) is 0 Å². The van der Waals surface area contributed by atoms with Crippen LogP contribution in [0.3, 0.4) is 0 Å². The van der Waals surface area contributed by atoms with Crippen molar-refractivity contribution in [3.8, 4) is 0 Å². The Morgan fingerprint density at radius 2 is 1.81 bits per heavy atom. The molecule has 0 aromatic heterocycles. The SMILES string of the molecule is CC1CCC(N(C)C(=O)c2ccc3c(c2)CNC3)CC1.Cl. The lowest BCUT2D eigenvalue weighted by Crippen LogP contribution is -2.39. The minimum Gasteiger partial charge on any atom is -0.339 e. The first kappa shape index (κ1) is 16.3. The molecule has 0 spiro atoms. The number of hydrogen-bond acceptors (Lipinski definition) is 2. The Morgan fingerprint density at radius 1 is 1.14 bits per heavy atom. The maximum atomic E-state index is 12.6. The number of nitrogens with zero attached hydrogens (tertiary/aromatic N) is 1. The topological polar surface area (TPSA) is 32.3 Å². The Hall–Kier alpha value is -1.06. The zero-order valence-corrected chi connectivity index (χ0v) is 13.7. The summed E-state index contributed by atoms with van der Waals surface area (Å²) in [5.74, 6) is 1.00. The summed E-state index contributed by atoms with van der Waals surface area (Å²) in [6, 6.07) is 6.57. The smallest absolute Gasteiger partial charge is 0.253 e. The summed E-state index contributed by atoms with van der Waals surface area (Å²) in [6.45, 7) is 4.13. The van der Waals surface area contributed by atoms with Crippen molar-refractivity contribution in [1.82, 2.24) is 10.2 Å². The van der Waals surface area contributed by atoms with Gasteiger partial charge in [-0.15, -0.1) is 12.4 Å². The number of amides is 1. The Morgan fingerprint density at radius 3 is 2.52 bits per heavy atom. The van der Waals surface area contributed by atoms with E-state index >= 15 is 0 Å². The molecule has 21 heavy (non-hydrogen) atoms. The summed E-state index contributed by atoms with van der Waals surface area (Å²) in [7, 11) is 1.97. The van der Waals surface area contributed by atoms with Crippen LogP contribution >= 0.6 is 12.4 Å². The fourth-order valence-corrected chi connectivity index (χ4v) is 3.43. The monoisotopic (exact) mass is 308 g/mol. The maximum Gasteiger partial charge on any atom is 0.253 e. The van der Waals surface area contributed by atoms with Crippen molar-refractivity contribution in [3.63, 3.8) is 0 Å². The van der Waals surface area contributed by atoms with Crippen LogP contribution in [0.25, 0.3) is 0 Å². The Labute approximate surface area is 133 Å². The number of fused-ring (bicyclic) bond motifs is 1. The van der Waals surface area contributed by atoms with Gasteiger partial charge in [0.2, 0.25) is 0 Å². The van der Waals surface area contributed by atoms with Crippen molar-refractivity contribution in [1.29, 1.82) is 0 Å².